The lowest BCUT2D eigenvalue weighted by Gasteiger charge is -2.36. The monoisotopic (exact) mass is 445 g/mol. The first-order valence-electron chi connectivity index (χ1n) is 11.4. The molecule has 1 saturated heterocycles. The Balaban J connectivity index is 1.68. The lowest BCUT2D eigenvalue weighted by atomic mass is 9.93. The first kappa shape index (κ1) is 22.7. The number of pyridine rings is 1. The van der Waals surface area contributed by atoms with Crippen LogP contribution in [0.25, 0.3) is 11.1 Å². The third kappa shape index (κ3) is 4.97. The third-order valence-electron chi connectivity index (χ3n) is 6.15. The average molecular weight is 446 g/mol. The Bertz CT molecular complexity index is 1120. The van der Waals surface area contributed by atoms with Gasteiger partial charge in [-0.05, 0) is 61.1 Å². The van der Waals surface area contributed by atoms with E-state index in [-0.39, 0.29) is 11.9 Å². The summed E-state index contributed by atoms with van der Waals surface area (Å²) in [5.74, 6) is 1.60. The quantitative estimate of drug-likeness (QED) is 0.566. The Morgan fingerprint density at radius 2 is 1.97 bits per heavy atom. The summed E-state index contributed by atoms with van der Waals surface area (Å²) in [6, 6.07) is 9.78. The maximum absolute atomic E-state index is 13.5. The molecule has 172 valence electrons. The molecule has 0 N–H and O–H groups in total. The second-order valence-electron chi connectivity index (χ2n) is 8.68. The van der Waals surface area contributed by atoms with Crippen LogP contribution in [0.5, 0.6) is 5.75 Å². The first-order chi connectivity index (χ1) is 16.0. The zero-order valence-electron chi connectivity index (χ0n) is 19.8. The van der Waals surface area contributed by atoms with Crippen molar-refractivity contribution in [1.29, 1.82) is 0 Å². The van der Waals surface area contributed by atoms with Crippen molar-refractivity contribution in [2.45, 2.75) is 38.6 Å². The van der Waals surface area contributed by atoms with Gasteiger partial charge in [0.05, 0.1) is 25.3 Å². The second-order valence-corrected chi connectivity index (χ2v) is 8.68. The minimum atomic E-state index is -0.0875. The molecule has 7 heteroatoms. The summed E-state index contributed by atoms with van der Waals surface area (Å²) in [6.07, 6.45) is 8.72. The molecule has 33 heavy (non-hydrogen) atoms. The van der Waals surface area contributed by atoms with Gasteiger partial charge in [0, 0.05) is 44.8 Å². The number of aryl methyl sites for hydroxylation is 1. The number of aromatic nitrogens is 3. The van der Waals surface area contributed by atoms with Crippen LogP contribution in [-0.4, -0.2) is 53.5 Å². The molecule has 0 saturated carbocycles. The van der Waals surface area contributed by atoms with Crippen molar-refractivity contribution in [2.75, 3.05) is 32.6 Å². The van der Waals surface area contributed by atoms with Gasteiger partial charge in [-0.15, -0.1) is 0 Å². The SMILES string of the molecule is COc1ccc(CC(=O)N2CCCC[C@H]2c2nc(N(C)C)ncc2-c2ccncc2)cc1C. The Hall–Kier alpha value is -3.48. The minimum absolute atomic E-state index is 0.0875. The van der Waals surface area contributed by atoms with E-state index in [0.29, 0.717) is 12.4 Å². The summed E-state index contributed by atoms with van der Waals surface area (Å²) in [4.78, 5) is 31.1. The molecule has 7 nitrogen and oxygen atoms in total. The largest absolute Gasteiger partial charge is 0.496 e. The number of amides is 1. The van der Waals surface area contributed by atoms with Crippen LogP contribution in [-0.2, 0) is 11.2 Å². The lowest BCUT2D eigenvalue weighted by Crippen LogP contribution is -2.40. The van der Waals surface area contributed by atoms with Gasteiger partial charge in [-0.2, -0.15) is 0 Å². The van der Waals surface area contributed by atoms with Crippen LogP contribution < -0.4 is 9.64 Å². The molecule has 1 fully saturated rings. The predicted molar refractivity (Wildman–Crippen MR) is 129 cm³/mol. The van der Waals surface area contributed by atoms with Gasteiger partial charge >= 0.3 is 0 Å². The van der Waals surface area contributed by atoms with E-state index in [1.165, 1.54) is 0 Å². The van der Waals surface area contributed by atoms with Gasteiger partial charge in [0.25, 0.3) is 0 Å². The maximum atomic E-state index is 13.5. The molecule has 1 aliphatic heterocycles. The number of rotatable bonds is 6. The number of hydrogen-bond acceptors (Lipinski definition) is 6. The van der Waals surface area contributed by atoms with Crippen LogP contribution in [0.3, 0.4) is 0 Å². The van der Waals surface area contributed by atoms with Crippen molar-refractivity contribution >= 4 is 11.9 Å². The Kier molecular flexibility index (Phi) is 6.87. The number of ether oxygens (including phenoxy) is 1. The summed E-state index contributed by atoms with van der Waals surface area (Å²) >= 11 is 0. The summed E-state index contributed by atoms with van der Waals surface area (Å²) < 4.78 is 5.36. The average Bonchev–Trinajstić information content (AvgIpc) is 2.84. The molecular formula is C26H31N5O2. The van der Waals surface area contributed by atoms with Crippen molar-refractivity contribution in [3.05, 3.63) is 65.7 Å². The number of nitrogens with zero attached hydrogens (tertiary/aromatic N) is 5. The van der Waals surface area contributed by atoms with E-state index in [2.05, 4.69) is 9.97 Å². The molecular weight excluding hydrogens is 414 g/mol. The predicted octanol–water partition coefficient (Wildman–Crippen LogP) is 4.22. The van der Waals surface area contributed by atoms with Crippen LogP contribution in [0, 0.1) is 6.92 Å². The van der Waals surface area contributed by atoms with Crippen LogP contribution >= 0.6 is 0 Å². The van der Waals surface area contributed by atoms with E-state index in [0.717, 1.165) is 59.5 Å². The topological polar surface area (TPSA) is 71.5 Å². The van der Waals surface area contributed by atoms with E-state index in [9.17, 15) is 4.79 Å². The van der Waals surface area contributed by atoms with Gasteiger partial charge in [0.2, 0.25) is 11.9 Å². The van der Waals surface area contributed by atoms with E-state index in [1.54, 1.807) is 19.5 Å². The molecule has 1 aromatic carbocycles. The highest BCUT2D eigenvalue weighted by Gasteiger charge is 2.31. The molecule has 0 spiro atoms. The van der Waals surface area contributed by atoms with Crippen LogP contribution in [0.1, 0.15) is 42.1 Å². The smallest absolute Gasteiger partial charge is 0.227 e. The summed E-state index contributed by atoms with van der Waals surface area (Å²) in [7, 11) is 5.53. The lowest BCUT2D eigenvalue weighted by molar-refractivity contribution is -0.134. The molecule has 1 aliphatic rings. The molecule has 2 aromatic heterocycles. The van der Waals surface area contributed by atoms with Crippen molar-refractivity contribution < 1.29 is 9.53 Å². The van der Waals surface area contributed by atoms with Gasteiger partial charge in [-0.1, -0.05) is 12.1 Å². The van der Waals surface area contributed by atoms with E-state index in [4.69, 9.17) is 9.72 Å². The number of anilines is 1. The standard InChI is InChI=1S/C26H31N5O2/c1-18-15-19(8-9-23(18)33-4)16-24(32)31-14-6-5-7-22(31)25-21(20-10-12-27-13-11-20)17-28-26(29-25)30(2)3/h8-13,15,17,22H,5-7,14,16H2,1-4H3/t22-/m0/s1. The minimum Gasteiger partial charge on any atom is -0.496 e. The van der Waals surface area contributed by atoms with Crippen LogP contribution in [0.4, 0.5) is 5.95 Å². The number of likely N-dealkylation sites (tertiary alicyclic amines) is 1. The zero-order valence-corrected chi connectivity index (χ0v) is 19.8. The zero-order chi connectivity index (χ0) is 23.4. The molecule has 4 rings (SSSR count). The van der Waals surface area contributed by atoms with Gasteiger partial charge in [0.15, 0.2) is 0 Å². The Morgan fingerprint density at radius 1 is 1.18 bits per heavy atom. The van der Waals surface area contributed by atoms with Crippen LogP contribution in [0.2, 0.25) is 0 Å². The van der Waals surface area contributed by atoms with Gasteiger partial charge in [0.1, 0.15) is 5.75 Å². The molecule has 0 radical (unpaired) electrons. The normalized spacial score (nSPS) is 15.9. The molecule has 3 aromatic rings. The first-order valence-corrected chi connectivity index (χ1v) is 11.4. The number of carbonyl (C=O) groups is 1. The fraction of sp³-hybridized carbons (Fsp3) is 0.385. The fourth-order valence-corrected chi connectivity index (χ4v) is 4.45. The molecule has 3 heterocycles. The number of hydrogen-bond donors (Lipinski definition) is 0. The highest BCUT2D eigenvalue weighted by atomic mass is 16.5. The van der Waals surface area contributed by atoms with Gasteiger partial charge in [-0.3, -0.25) is 9.78 Å². The fourth-order valence-electron chi connectivity index (χ4n) is 4.45. The van der Waals surface area contributed by atoms with Crippen molar-refractivity contribution in [3.8, 4) is 16.9 Å². The number of carbonyl (C=O) groups excluding carboxylic acids is 1. The van der Waals surface area contributed by atoms with Gasteiger partial charge in [-0.25, -0.2) is 9.97 Å². The maximum Gasteiger partial charge on any atom is 0.227 e. The van der Waals surface area contributed by atoms with Gasteiger partial charge < -0.3 is 14.5 Å². The molecule has 1 amide bonds. The molecule has 0 aliphatic carbocycles. The second kappa shape index (κ2) is 9.98. The van der Waals surface area contributed by atoms with E-state index >= 15 is 0 Å². The summed E-state index contributed by atoms with van der Waals surface area (Å²) in [5, 5.41) is 0. The number of benzene rings is 1. The summed E-state index contributed by atoms with van der Waals surface area (Å²) in [5.41, 5.74) is 4.89. The highest BCUT2D eigenvalue weighted by molar-refractivity contribution is 5.80. The highest BCUT2D eigenvalue weighted by Crippen LogP contribution is 2.36. The van der Waals surface area contributed by atoms with E-state index in [1.807, 2.05) is 67.3 Å². The van der Waals surface area contributed by atoms with Crippen molar-refractivity contribution in [3.63, 3.8) is 0 Å². The number of piperidine rings is 1. The Morgan fingerprint density at radius 3 is 2.67 bits per heavy atom. The molecule has 0 bridgehead atoms. The third-order valence-corrected chi connectivity index (χ3v) is 6.15. The molecule has 0 unspecified atom stereocenters. The van der Waals surface area contributed by atoms with E-state index < -0.39 is 0 Å². The van der Waals surface area contributed by atoms with Crippen LogP contribution in [0.15, 0.2) is 48.9 Å². The Labute approximate surface area is 195 Å². The summed E-state index contributed by atoms with van der Waals surface area (Å²) in [6.45, 7) is 2.73. The molecule has 1 atom stereocenters. The van der Waals surface area contributed by atoms with Crippen molar-refractivity contribution in [2.24, 2.45) is 0 Å². The van der Waals surface area contributed by atoms with Crippen molar-refractivity contribution in [1.82, 2.24) is 19.9 Å². The number of methoxy groups -OCH3 is 1.